The lowest BCUT2D eigenvalue weighted by Crippen LogP contribution is -2.33. The fourth-order valence-corrected chi connectivity index (χ4v) is 4.58. The van der Waals surface area contributed by atoms with E-state index in [2.05, 4.69) is 38.5 Å². The molecule has 1 aromatic carbocycles. The van der Waals surface area contributed by atoms with Crippen LogP contribution in [0.5, 0.6) is 0 Å². The molecule has 0 aliphatic carbocycles. The van der Waals surface area contributed by atoms with Crippen molar-refractivity contribution in [2.75, 3.05) is 11.9 Å². The zero-order valence-corrected chi connectivity index (χ0v) is 16.0. The molecule has 4 N–H and O–H groups in total. The molecule has 0 unspecified atom stereocenters. The van der Waals surface area contributed by atoms with Crippen molar-refractivity contribution in [3.8, 4) is 0 Å². The zero-order chi connectivity index (χ0) is 20.0. The van der Waals surface area contributed by atoms with Crippen LogP contribution in [0.2, 0.25) is 0 Å². The average molecular weight is 413 g/mol. The minimum Gasteiger partial charge on any atom is -0.394 e. The highest BCUT2D eigenvalue weighted by atomic mass is 32.1. The summed E-state index contributed by atoms with van der Waals surface area (Å²) < 4.78 is 8.36. The SMILES string of the molecule is OC[C@H]1O[C@@H](n2cnc3c(NCc4cc5ccccc5s4)ncnc32)[C@H](O)[C@@H]1O. The van der Waals surface area contributed by atoms with Gasteiger partial charge in [0.15, 0.2) is 23.2 Å². The van der Waals surface area contributed by atoms with E-state index in [9.17, 15) is 15.3 Å². The Morgan fingerprint density at radius 2 is 2.00 bits per heavy atom. The van der Waals surface area contributed by atoms with Crippen molar-refractivity contribution < 1.29 is 20.1 Å². The van der Waals surface area contributed by atoms with Crippen LogP contribution in [0.4, 0.5) is 5.82 Å². The van der Waals surface area contributed by atoms with Crippen molar-refractivity contribution in [3.05, 3.63) is 47.9 Å². The van der Waals surface area contributed by atoms with E-state index in [4.69, 9.17) is 4.74 Å². The number of fused-ring (bicyclic) bond motifs is 2. The highest BCUT2D eigenvalue weighted by Crippen LogP contribution is 2.32. The normalized spacial score (nSPS) is 24.5. The summed E-state index contributed by atoms with van der Waals surface area (Å²) in [4.78, 5) is 14.1. The lowest BCUT2D eigenvalue weighted by atomic mass is 10.1. The maximum atomic E-state index is 10.3. The van der Waals surface area contributed by atoms with Gasteiger partial charge in [0.1, 0.15) is 24.6 Å². The minimum atomic E-state index is -1.20. The second kappa shape index (κ2) is 7.32. The molecule has 0 spiro atoms. The molecular formula is C19H19N5O4S. The van der Waals surface area contributed by atoms with Gasteiger partial charge in [-0.2, -0.15) is 0 Å². The molecule has 9 nitrogen and oxygen atoms in total. The number of benzene rings is 1. The molecule has 5 rings (SSSR count). The monoisotopic (exact) mass is 413 g/mol. The van der Waals surface area contributed by atoms with E-state index in [0.29, 0.717) is 23.5 Å². The van der Waals surface area contributed by atoms with Gasteiger partial charge in [-0.3, -0.25) is 4.57 Å². The molecule has 29 heavy (non-hydrogen) atoms. The van der Waals surface area contributed by atoms with Crippen LogP contribution in [0.3, 0.4) is 0 Å². The number of ether oxygens (including phenoxy) is 1. The topological polar surface area (TPSA) is 126 Å². The Morgan fingerprint density at radius 1 is 1.14 bits per heavy atom. The van der Waals surface area contributed by atoms with E-state index in [-0.39, 0.29) is 0 Å². The van der Waals surface area contributed by atoms with E-state index >= 15 is 0 Å². The molecule has 0 saturated carbocycles. The Kier molecular flexibility index (Phi) is 4.64. The Labute approximate surface area is 169 Å². The molecule has 1 aliphatic rings. The highest BCUT2D eigenvalue weighted by molar-refractivity contribution is 7.19. The first kappa shape index (κ1) is 18.4. The van der Waals surface area contributed by atoms with Crippen LogP contribution in [0.1, 0.15) is 11.1 Å². The molecule has 1 aliphatic heterocycles. The van der Waals surface area contributed by atoms with Crippen LogP contribution >= 0.6 is 11.3 Å². The summed E-state index contributed by atoms with van der Waals surface area (Å²) in [5.41, 5.74) is 1.00. The number of imidazole rings is 1. The molecule has 10 heteroatoms. The number of aliphatic hydroxyl groups excluding tert-OH is 3. The Bertz CT molecular complexity index is 1130. The van der Waals surface area contributed by atoms with Crippen molar-refractivity contribution in [1.82, 2.24) is 19.5 Å². The standard InChI is InChI=1S/C19H19N5O4S/c25-7-12-15(26)16(27)19(28-12)24-9-23-14-17(21-8-22-18(14)24)20-6-11-5-10-3-1-2-4-13(10)29-11/h1-5,8-9,12,15-16,19,25-27H,6-7H2,(H,20,21,22)/t12-,15-,16-,19-/m1/s1. The maximum Gasteiger partial charge on any atom is 0.167 e. The van der Waals surface area contributed by atoms with Gasteiger partial charge in [0.05, 0.1) is 19.5 Å². The first-order valence-corrected chi connectivity index (χ1v) is 9.98. The molecule has 1 fully saturated rings. The summed E-state index contributed by atoms with van der Waals surface area (Å²) in [6, 6.07) is 10.4. The smallest absolute Gasteiger partial charge is 0.167 e. The van der Waals surface area contributed by atoms with E-state index in [1.807, 2.05) is 12.1 Å². The lowest BCUT2D eigenvalue weighted by Gasteiger charge is -2.16. The number of hydrogen-bond acceptors (Lipinski definition) is 9. The summed E-state index contributed by atoms with van der Waals surface area (Å²) in [5.74, 6) is 0.568. The number of nitrogens with one attached hydrogen (secondary N) is 1. The molecule has 0 radical (unpaired) electrons. The first-order valence-electron chi connectivity index (χ1n) is 9.17. The van der Waals surface area contributed by atoms with Crippen molar-refractivity contribution in [1.29, 1.82) is 0 Å². The number of aliphatic hydroxyl groups is 3. The van der Waals surface area contributed by atoms with Gasteiger partial charge in [-0.25, -0.2) is 15.0 Å². The predicted molar refractivity (Wildman–Crippen MR) is 107 cm³/mol. The summed E-state index contributed by atoms with van der Waals surface area (Å²) in [6.45, 7) is 0.199. The summed E-state index contributed by atoms with van der Waals surface area (Å²) in [5, 5.41) is 34.1. The summed E-state index contributed by atoms with van der Waals surface area (Å²) in [7, 11) is 0. The van der Waals surface area contributed by atoms with Crippen molar-refractivity contribution in [2.45, 2.75) is 31.1 Å². The third-order valence-corrected chi connectivity index (χ3v) is 6.17. The number of anilines is 1. The van der Waals surface area contributed by atoms with Gasteiger partial charge >= 0.3 is 0 Å². The average Bonchev–Trinajstić information content (AvgIpc) is 3.42. The van der Waals surface area contributed by atoms with Crippen LogP contribution in [0, 0.1) is 0 Å². The van der Waals surface area contributed by atoms with E-state index in [1.54, 1.807) is 15.9 Å². The molecule has 1 saturated heterocycles. The third-order valence-electron chi connectivity index (χ3n) is 5.06. The van der Waals surface area contributed by atoms with E-state index in [1.165, 1.54) is 27.6 Å². The molecule has 3 aromatic heterocycles. The van der Waals surface area contributed by atoms with Crippen LogP contribution in [-0.4, -0.2) is 59.8 Å². The first-order chi connectivity index (χ1) is 14.2. The summed E-state index contributed by atoms with van der Waals surface area (Å²) in [6.07, 6.45) is -1.24. The fourth-order valence-electron chi connectivity index (χ4n) is 3.57. The van der Waals surface area contributed by atoms with Gasteiger partial charge in [-0.05, 0) is 17.5 Å². The predicted octanol–water partition coefficient (Wildman–Crippen LogP) is 1.26. The fraction of sp³-hybridized carbons (Fsp3) is 0.316. The Hall–Kier alpha value is -2.63. The zero-order valence-electron chi connectivity index (χ0n) is 15.2. The minimum absolute atomic E-state index is 0.391. The molecule has 4 atom stereocenters. The summed E-state index contributed by atoms with van der Waals surface area (Å²) >= 11 is 1.71. The largest absolute Gasteiger partial charge is 0.394 e. The maximum absolute atomic E-state index is 10.3. The third kappa shape index (κ3) is 3.15. The number of nitrogens with zero attached hydrogens (tertiary/aromatic N) is 4. The van der Waals surface area contributed by atoms with Crippen LogP contribution < -0.4 is 5.32 Å². The van der Waals surface area contributed by atoms with E-state index < -0.39 is 31.1 Å². The van der Waals surface area contributed by atoms with Gasteiger partial charge < -0.3 is 25.4 Å². The Balaban J connectivity index is 1.41. The highest BCUT2D eigenvalue weighted by Gasteiger charge is 2.44. The van der Waals surface area contributed by atoms with Crippen LogP contribution in [-0.2, 0) is 11.3 Å². The van der Waals surface area contributed by atoms with Gasteiger partial charge in [0, 0.05) is 9.58 Å². The number of thiophene rings is 1. The van der Waals surface area contributed by atoms with Crippen molar-refractivity contribution in [3.63, 3.8) is 0 Å². The second-order valence-electron chi connectivity index (χ2n) is 6.88. The molecule has 0 bridgehead atoms. The molecule has 4 heterocycles. The number of rotatable bonds is 5. The quantitative estimate of drug-likeness (QED) is 0.385. The molecular weight excluding hydrogens is 394 g/mol. The van der Waals surface area contributed by atoms with Gasteiger partial charge in [-0.1, -0.05) is 18.2 Å². The van der Waals surface area contributed by atoms with Crippen molar-refractivity contribution >= 4 is 38.4 Å². The van der Waals surface area contributed by atoms with Crippen molar-refractivity contribution in [2.24, 2.45) is 0 Å². The van der Waals surface area contributed by atoms with Gasteiger partial charge in [0.25, 0.3) is 0 Å². The lowest BCUT2D eigenvalue weighted by molar-refractivity contribution is -0.0511. The van der Waals surface area contributed by atoms with Gasteiger partial charge in [0.2, 0.25) is 0 Å². The number of aromatic nitrogens is 4. The Morgan fingerprint density at radius 3 is 2.79 bits per heavy atom. The molecule has 150 valence electrons. The second-order valence-corrected chi connectivity index (χ2v) is 8.05. The van der Waals surface area contributed by atoms with Crippen LogP contribution in [0.25, 0.3) is 21.3 Å². The van der Waals surface area contributed by atoms with Crippen LogP contribution in [0.15, 0.2) is 43.0 Å². The molecule has 4 aromatic rings. The number of hydrogen-bond donors (Lipinski definition) is 4. The molecule has 0 amide bonds. The van der Waals surface area contributed by atoms with E-state index in [0.717, 1.165) is 0 Å². The van der Waals surface area contributed by atoms with Gasteiger partial charge in [-0.15, -0.1) is 11.3 Å².